The number of rotatable bonds is 5. The van der Waals surface area contributed by atoms with Gasteiger partial charge in [-0.05, 0) is 61.9 Å². The molecule has 130 valence electrons. The van der Waals surface area contributed by atoms with E-state index in [0.717, 1.165) is 50.9 Å². The third-order valence-electron chi connectivity index (χ3n) is 5.35. The van der Waals surface area contributed by atoms with Crippen LogP contribution in [0.3, 0.4) is 0 Å². The fourth-order valence-electron chi connectivity index (χ4n) is 3.50. The minimum atomic E-state index is 0.0825. The van der Waals surface area contributed by atoms with Gasteiger partial charge in [-0.2, -0.15) is 0 Å². The molecule has 0 saturated carbocycles. The van der Waals surface area contributed by atoms with Crippen molar-refractivity contribution in [2.24, 2.45) is 5.41 Å². The second-order valence-corrected chi connectivity index (χ2v) is 7.09. The van der Waals surface area contributed by atoms with Gasteiger partial charge in [0.2, 0.25) is 0 Å². The molecule has 0 bridgehead atoms. The Morgan fingerprint density at radius 3 is 2.20 bits per heavy atom. The van der Waals surface area contributed by atoms with E-state index in [0.29, 0.717) is 6.61 Å². The molecule has 1 heterocycles. The van der Waals surface area contributed by atoms with E-state index in [-0.39, 0.29) is 5.41 Å². The summed E-state index contributed by atoms with van der Waals surface area (Å²) >= 11 is 0. The van der Waals surface area contributed by atoms with Crippen LogP contribution in [0.15, 0.2) is 60.7 Å². The van der Waals surface area contributed by atoms with Crippen molar-refractivity contribution in [3.8, 4) is 11.8 Å². The summed E-state index contributed by atoms with van der Waals surface area (Å²) in [4.78, 5) is 2.41. The summed E-state index contributed by atoms with van der Waals surface area (Å²) in [7, 11) is 0. The zero-order valence-corrected chi connectivity index (χ0v) is 14.8. The van der Waals surface area contributed by atoms with Crippen LogP contribution in [0.2, 0.25) is 0 Å². The molecule has 3 rings (SSSR count). The van der Waals surface area contributed by atoms with Gasteiger partial charge in [0.1, 0.15) is 0 Å². The molecule has 1 fully saturated rings. The van der Waals surface area contributed by atoms with Crippen molar-refractivity contribution in [3.63, 3.8) is 0 Å². The summed E-state index contributed by atoms with van der Waals surface area (Å²) < 4.78 is 0. The van der Waals surface area contributed by atoms with E-state index in [1.54, 1.807) is 0 Å². The monoisotopic (exact) mass is 333 g/mol. The first-order valence-corrected chi connectivity index (χ1v) is 9.21. The summed E-state index contributed by atoms with van der Waals surface area (Å²) in [5.74, 6) is 6.52. The van der Waals surface area contributed by atoms with Crippen LogP contribution < -0.4 is 0 Å². The van der Waals surface area contributed by atoms with E-state index in [9.17, 15) is 5.11 Å². The van der Waals surface area contributed by atoms with Gasteiger partial charge < -0.3 is 5.11 Å². The van der Waals surface area contributed by atoms with Gasteiger partial charge in [0.15, 0.2) is 0 Å². The van der Waals surface area contributed by atoms with Gasteiger partial charge in [0.05, 0.1) is 6.54 Å². The van der Waals surface area contributed by atoms with Crippen LogP contribution in [0.4, 0.5) is 0 Å². The Morgan fingerprint density at radius 2 is 1.56 bits per heavy atom. The van der Waals surface area contributed by atoms with Crippen LogP contribution >= 0.6 is 0 Å². The Hall–Kier alpha value is -2.08. The summed E-state index contributed by atoms with van der Waals surface area (Å²) in [6, 6.07) is 20.7. The molecule has 25 heavy (non-hydrogen) atoms. The lowest BCUT2D eigenvalue weighted by Crippen LogP contribution is -2.42. The topological polar surface area (TPSA) is 23.5 Å². The largest absolute Gasteiger partial charge is 0.396 e. The number of likely N-dealkylation sites (tertiary alicyclic amines) is 1. The maximum Gasteiger partial charge on any atom is 0.0605 e. The van der Waals surface area contributed by atoms with E-state index < -0.39 is 0 Å². The van der Waals surface area contributed by atoms with E-state index in [2.05, 4.69) is 47.1 Å². The molecule has 2 aromatic carbocycles. The van der Waals surface area contributed by atoms with Crippen LogP contribution in [-0.4, -0.2) is 36.2 Å². The molecule has 0 amide bonds. The average Bonchev–Trinajstić information content (AvgIpc) is 2.69. The van der Waals surface area contributed by atoms with Crippen LogP contribution in [0.5, 0.6) is 0 Å². The highest BCUT2D eigenvalue weighted by atomic mass is 16.3. The van der Waals surface area contributed by atoms with Crippen molar-refractivity contribution in [1.29, 1.82) is 0 Å². The maximum absolute atomic E-state index is 9.98. The SMILES string of the molecule is OCC1(CCc2ccccc2)CCN(CC#Cc2ccccc2)CC1. The Balaban J connectivity index is 1.48. The Morgan fingerprint density at radius 1 is 0.920 bits per heavy atom. The average molecular weight is 333 g/mol. The molecule has 0 atom stereocenters. The minimum Gasteiger partial charge on any atom is -0.396 e. The number of nitrogens with zero attached hydrogens (tertiary/aromatic N) is 1. The van der Waals surface area contributed by atoms with Gasteiger partial charge in [-0.3, -0.25) is 4.90 Å². The quantitative estimate of drug-likeness (QED) is 0.843. The number of benzene rings is 2. The van der Waals surface area contributed by atoms with Gasteiger partial charge in [-0.25, -0.2) is 0 Å². The normalized spacial score (nSPS) is 16.8. The van der Waals surface area contributed by atoms with Crippen molar-refractivity contribution < 1.29 is 5.11 Å². The van der Waals surface area contributed by atoms with Crippen molar-refractivity contribution in [3.05, 3.63) is 71.8 Å². The summed E-state index contributed by atoms with van der Waals surface area (Å²) in [5, 5.41) is 9.98. The molecule has 1 N–H and O–H groups in total. The Labute approximate surface area is 151 Å². The molecule has 2 heteroatoms. The van der Waals surface area contributed by atoms with E-state index in [4.69, 9.17) is 0 Å². The lowest BCUT2D eigenvalue weighted by atomic mass is 9.75. The van der Waals surface area contributed by atoms with Crippen LogP contribution in [0, 0.1) is 17.3 Å². The highest BCUT2D eigenvalue weighted by Gasteiger charge is 2.33. The molecular formula is C23H27NO. The minimum absolute atomic E-state index is 0.0825. The standard InChI is InChI=1S/C23H27NO/c25-20-23(14-13-22-10-5-2-6-11-22)15-18-24(19-16-23)17-7-12-21-8-3-1-4-9-21/h1-6,8-11,25H,13-20H2. The number of aliphatic hydroxyl groups is 1. The molecule has 0 unspecified atom stereocenters. The number of aryl methyl sites for hydroxylation is 1. The van der Waals surface area contributed by atoms with E-state index in [1.807, 2.05) is 30.3 Å². The number of hydrogen-bond acceptors (Lipinski definition) is 2. The summed E-state index contributed by atoms with van der Waals surface area (Å²) in [6.45, 7) is 3.16. The molecule has 0 aromatic heterocycles. The lowest BCUT2D eigenvalue weighted by Gasteiger charge is -2.40. The Bertz CT molecular complexity index is 691. The van der Waals surface area contributed by atoms with Gasteiger partial charge in [0, 0.05) is 12.2 Å². The van der Waals surface area contributed by atoms with Crippen molar-refractivity contribution in [1.82, 2.24) is 4.90 Å². The van der Waals surface area contributed by atoms with E-state index in [1.165, 1.54) is 5.56 Å². The highest BCUT2D eigenvalue weighted by molar-refractivity contribution is 5.33. The zero-order valence-electron chi connectivity index (χ0n) is 14.8. The second-order valence-electron chi connectivity index (χ2n) is 7.09. The van der Waals surface area contributed by atoms with Gasteiger partial charge in [-0.15, -0.1) is 0 Å². The van der Waals surface area contributed by atoms with Crippen LogP contribution in [0.1, 0.15) is 30.4 Å². The van der Waals surface area contributed by atoms with E-state index >= 15 is 0 Å². The predicted octanol–water partition coefficient (Wildman–Crippen LogP) is 3.75. The smallest absolute Gasteiger partial charge is 0.0605 e. The van der Waals surface area contributed by atoms with Gasteiger partial charge in [0.25, 0.3) is 0 Å². The highest BCUT2D eigenvalue weighted by Crippen LogP contribution is 2.35. The zero-order chi connectivity index (χ0) is 17.4. The maximum atomic E-state index is 9.98. The molecule has 0 spiro atoms. The van der Waals surface area contributed by atoms with Crippen LogP contribution in [-0.2, 0) is 6.42 Å². The van der Waals surface area contributed by atoms with Crippen molar-refractivity contribution in [2.75, 3.05) is 26.2 Å². The fraction of sp³-hybridized carbons (Fsp3) is 0.391. The third kappa shape index (κ3) is 5.19. The first kappa shape index (κ1) is 17.7. The molecule has 2 nitrogen and oxygen atoms in total. The fourth-order valence-corrected chi connectivity index (χ4v) is 3.50. The van der Waals surface area contributed by atoms with Crippen LogP contribution in [0.25, 0.3) is 0 Å². The van der Waals surface area contributed by atoms with Gasteiger partial charge in [-0.1, -0.05) is 60.4 Å². The molecule has 2 aromatic rings. The molecule has 1 aliphatic rings. The molecule has 1 aliphatic heterocycles. The Kier molecular flexibility index (Phi) is 6.28. The number of aliphatic hydroxyl groups excluding tert-OH is 1. The number of hydrogen-bond donors (Lipinski definition) is 1. The first-order valence-electron chi connectivity index (χ1n) is 9.21. The second kappa shape index (κ2) is 8.85. The molecule has 0 radical (unpaired) electrons. The molecule has 0 aliphatic carbocycles. The number of piperidine rings is 1. The third-order valence-corrected chi connectivity index (χ3v) is 5.35. The molecule has 1 saturated heterocycles. The summed E-state index contributed by atoms with van der Waals surface area (Å²) in [5.41, 5.74) is 2.53. The molecular weight excluding hydrogens is 306 g/mol. The van der Waals surface area contributed by atoms with Crippen molar-refractivity contribution >= 4 is 0 Å². The summed E-state index contributed by atoms with van der Waals surface area (Å²) in [6.07, 6.45) is 4.24. The van der Waals surface area contributed by atoms with Crippen molar-refractivity contribution in [2.45, 2.75) is 25.7 Å². The predicted molar refractivity (Wildman–Crippen MR) is 103 cm³/mol. The first-order chi connectivity index (χ1) is 12.3. The van der Waals surface area contributed by atoms with Gasteiger partial charge >= 0.3 is 0 Å². The lowest BCUT2D eigenvalue weighted by molar-refractivity contribution is 0.0419.